The van der Waals surface area contributed by atoms with Crippen molar-refractivity contribution >= 4 is 28.5 Å². The van der Waals surface area contributed by atoms with Gasteiger partial charge in [-0.1, -0.05) is 17.7 Å². The lowest BCUT2D eigenvalue weighted by atomic mass is 10.2. The average molecular weight is 334 g/mol. The number of carbonyl (C=O) groups excluding carboxylic acids is 1. The Morgan fingerprint density at radius 3 is 2.87 bits per heavy atom. The lowest BCUT2D eigenvalue weighted by Gasteiger charge is -2.11. The molecule has 0 aliphatic heterocycles. The molecule has 4 nitrogen and oxygen atoms in total. The van der Waals surface area contributed by atoms with Crippen molar-refractivity contribution in [3.63, 3.8) is 0 Å². The molecule has 0 spiro atoms. The maximum absolute atomic E-state index is 13.6. The van der Waals surface area contributed by atoms with Gasteiger partial charge in [-0.05, 0) is 31.2 Å². The van der Waals surface area contributed by atoms with Gasteiger partial charge in [0.05, 0.1) is 22.5 Å². The van der Waals surface area contributed by atoms with Gasteiger partial charge >= 0.3 is 5.97 Å². The second kappa shape index (κ2) is 6.30. The number of ether oxygens (including phenoxy) is 2. The molecule has 3 rings (SSSR count). The lowest BCUT2D eigenvalue weighted by molar-refractivity contribution is 0.0523. The topological polar surface area (TPSA) is 51.3 Å². The van der Waals surface area contributed by atoms with Crippen molar-refractivity contribution in [3.8, 4) is 11.5 Å². The molecule has 0 fully saturated rings. The maximum atomic E-state index is 13.6. The van der Waals surface area contributed by atoms with E-state index in [0.717, 1.165) is 11.6 Å². The molecular weight excluding hydrogens is 321 g/mol. The molecule has 0 atom stereocenters. The number of nitrogens with one attached hydrogen (secondary N) is 1. The second-order valence-corrected chi connectivity index (χ2v) is 5.19. The zero-order chi connectivity index (χ0) is 16.4. The van der Waals surface area contributed by atoms with E-state index in [1.54, 1.807) is 25.3 Å². The minimum absolute atomic E-state index is 0.0771. The largest absolute Gasteiger partial charge is 0.462 e. The van der Waals surface area contributed by atoms with Crippen molar-refractivity contribution in [1.82, 2.24) is 4.98 Å². The van der Waals surface area contributed by atoms with Gasteiger partial charge in [0.2, 0.25) is 0 Å². The molecule has 0 bridgehead atoms. The predicted molar refractivity (Wildman–Crippen MR) is 85.7 cm³/mol. The monoisotopic (exact) mass is 333 g/mol. The van der Waals surface area contributed by atoms with Crippen molar-refractivity contribution in [2.45, 2.75) is 6.92 Å². The number of rotatable bonds is 4. The van der Waals surface area contributed by atoms with Crippen molar-refractivity contribution in [3.05, 3.63) is 59.0 Å². The molecule has 3 aromatic rings. The maximum Gasteiger partial charge on any atom is 0.341 e. The highest BCUT2D eigenvalue weighted by atomic mass is 35.5. The summed E-state index contributed by atoms with van der Waals surface area (Å²) in [7, 11) is 0. The summed E-state index contributed by atoms with van der Waals surface area (Å²) in [5.41, 5.74) is 0.929. The van der Waals surface area contributed by atoms with Gasteiger partial charge in [0.1, 0.15) is 22.9 Å². The highest BCUT2D eigenvalue weighted by Gasteiger charge is 2.17. The highest BCUT2D eigenvalue weighted by molar-refractivity contribution is 6.36. The van der Waals surface area contributed by atoms with Crippen LogP contribution in [0.2, 0.25) is 5.02 Å². The minimum atomic E-state index is -0.574. The predicted octanol–water partition coefficient (Wildman–Crippen LogP) is 4.93. The molecule has 0 saturated heterocycles. The average Bonchev–Trinajstić information content (AvgIpc) is 2.90. The Bertz CT molecular complexity index is 875. The zero-order valence-electron chi connectivity index (χ0n) is 12.2. The van der Waals surface area contributed by atoms with Crippen LogP contribution in [-0.4, -0.2) is 17.6 Å². The van der Waals surface area contributed by atoms with Gasteiger partial charge in [-0.15, -0.1) is 0 Å². The van der Waals surface area contributed by atoms with Gasteiger partial charge in [0, 0.05) is 12.3 Å². The number of halogens is 2. The van der Waals surface area contributed by atoms with Crippen LogP contribution in [0.4, 0.5) is 4.39 Å². The van der Waals surface area contributed by atoms with E-state index in [4.69, 9.17) is 21.1 Å². The molecule has 1 heterocycles. The van der Waals surface area contributed by atoms with Crippen LogP contribution in [0.25, 0.3) is 10.9 Å². The van der Waals surface area contributed by atoms with Crippen LogP contribution in [0, 0.1) is 5.82 Å². The number of aromatic amines is 1. The van der Waals surface area contributed by atoms with Gasteiger partial charge in [-0.3, -0.25) is 0 Å². The van der Waals surface area contributed by atoms with Gasteiger partial charge < -0.3 is 14.5 Å². The molecular formula is C17H13ClFNO3. The van der Waals surface area contributed by atoms with E-state index in [9.17, 15) is 9.18 Å². The van der Waals surface area contributed by atoms with E-state index >= 15 is 0 Å². The molecule has 2 aromatic carbocycles. The van der Waals surface area contributed by atoms with Gasteiger partial charge in [-0.25, -0.2) is 9.18 Å². The number of carbonyl (C=O) groups is 1. The van der Waals surface area contributed by atoms with E-state index < -0.39 is 11.8 Å². The van der Waals surface area contributed by atoms with E-state index in [0.29, 0.717) is 16.2 Å². The van der Waals surface area contributed by atoms with Gasteiger partial charge in [0.15, 0.2) is 0 Å². The Morgan fingerprint density at radius 2 is 2.09 bits per heavy atom. The van der Waals surface area contributed by atoms with Crippen LogP contribution >= 0.6 is 11.6 Å². The fourth-order valence-electron chi connectivity index (χ4n) is 2.27. The first-order valence-electron chi connectivity index (χ1n) is 7.00. The number of fused-ring (bicyclic) bond motifs is 1. The number of hydrogen-bond acceptors (Lipinski definition) is 3. The molecule has 23 heavy (non-hydrogen) atoms. The van der Waals surface area contributed by atoms with Crippen LogP contribution in [-0.2, 0) is 4.74 Å². The van der Waals surface area contributed by atoms with Gasteiger partial charge in [-0.2, -0.15) is 0 Å². The van der Waals surface area contributed by atoms with Crippen LogP contribution in [0.1, 0.15) is 17.3 Å². The molecule has 0 unspecified atom stereocenters. The van der Waals surface area contributed by atoms with Crippen molar-refractivity contribution in [1.29, 1.82) is 0 Å². The first-order chi connectivity index (χ1) is 11.1. The zero-order valence-corrected chi connectivity index (χ0v) is 13.0. The summed E-state index contributed by atoms with van der Waals surface area (Å²) in [6, 6.07) is 8.97. The molecule has 0 amide bonds. The Hall–Kier alpha value is -2.53. The molecule has 0 aliphatic rings. The summed E-state index contributed by atoms with van der Waals surface area (Å²) in [6.07, 6.45) is 1.64. The SMILES string of the molecule is CCOC(=O)c1ccc(F)cc1Oc1cccc2[nH]cc(Cl)c12. The third-order valence-corrected chi connectivity index (χ3v) is 3.58. The van der Waals surface area contributed by atoms with Gasteiger partial charge in [0.25, 0.3) is 0 Å². The number of hydrogen-bond donors (Lipinski definition) is 1. The normalized spacial score (nSPS) is 10.7. The number of benzene rings is 2. The van der Waals surface area contributed by atoms with Crippen molar-refractivity contribution in [2.75, 3.05) is 6.61 Å². The fraction of sp³-hybridized carbons (Fsp3) is 0.118. The standard InChI is InChI=1S/C17H13ClFNO3/c1-2-22-17(21)11-7-6-10(19)8-15(11)23-14-5-3-4-13-16(14)12(18)9-20-13/h3-9,20H,2H2,1H3. The summed E-state index contributed by atoms with van der Waals surface area (Å²) in [4.78, 5) is 15.0. The minimum Gasteiger partial charge on any atom is -0.462 e. The quantitative estimate of drug-likeness (QED) is 0.689. The third-order valence-electron chi connectivity index (χ3n) is 3.28. The molecule has 6 heteroatoms. The highest BCUT2D eigenvalue weighted by Crippen LogP contribution is 2.36. The van der Waals surface area contributed by atoms with Crippen molar-refractivity contribution in [2.24, 2.45) is 0 Å². The second-order valence-electron chi connectivity index (χ2n) is 4.78. The molecule has 1 aromatic heterocycles. The fourth-order valence-corrected chi connectivity index (χ4v) is 2.52. The van der Waals surface area contributed by atoms with E-state index in [1.807, 2.05) is 6.07 Å². The summed E-state index contributed by atoms with van der Waals surface area (Å²) < 4.78 is 24.3. The Labute approximate surface area is 136 Å². The van der Waals surface area contributed by atoms with Crippen molar-refractivity contribution < 1.29 is 18.7 Å². The first-order valence-corrected chi connectivity index (χ1v) is 7.38. The number of esters is 1. The van der Waals surface area contributed by atoms with E-state index in [-0.39, 0.29) is 17.9 Å². The Balaban J connectivity index is 2.06. The summed E-state index contributed by atoms with van der Waals surface area (Å²) in [5, 5.41) is 1.14. The molecule has 0 radical (unpaired) electrons. The molecule has 1 N–H and O–H groups in total. The van der Waals surface area contributed by atoms with Crippen LogP contribution < -0.4 is 4.74 Å². The number of aromatic nitrogens is 1. The molecule has 118 valence electrons. The summed E-state index contributed by atoms with van der Waals surface area (Å²) >= 11 is 6.15. The summed E-state index contributed by atoms with van der Waals surface area (Å²) in [5.74, 6) is -0.589. The van der Waals surface area contributed by atoms with Crippen LogP contribution in [0.15, 0.2) is 42.6 Å². The smallest absolute Gasteiger partial charge is 0.341 e. The Kier molecular flexibility index (Phi) is 4.21. The third kappa shape index (κ3) is 3.00. The summed E-state index contributed by atoms with van der Waals surface area (Å²) in [6.45, 7) is 1.91. The molecule has 0 saturated carbocycles. The first kappa shape index (κ1) is 15.4. The van der Waals surface area contributed by atoms with Crippen LogP contribution in [0.3, 0.4) is 0 Å². The van der Waals surface area contributed by atoms with Crippen LogP contribution in [0.5, 0.6) is 11.5 Å². The molecule has 0 aliphatic carbocycles. The van der Waals surface area contributed by atoms with E-state index in [1.165, 1.54) is 12.1 Å². The lowest BCUT2D eigenvalue weighted by Crippen LogP contribution is -2.06. The Morgan fingerprint density at radius 1 is 1.26 bits per heavy atom. The number of H-pyrrole nitrogens is 1. The van der Waals surface area contributed by atoms with E-state index in [2.05, 4.69) is 4.98 Å².